The second-order valence-electron chi connectivity index (χ2n) is 4.42. The average Bonchev–Trinajstić information content (AvgIpc) is 2.88. The molecule has 3 rings (SSSR count). The summed E-state index contributed by atoms with van der Waals surface area (Å²) in [7, 11) is 0. The van der Waals surface area contributed by atoms with Gasteiger partial charge in [-0.1, -0.05) is 18.2 Å². The highest BCUT2D eigenvalue weighted by Crippen LogP contribution is 2.17. The second kappa shape index (κ2) is 5.02. The summed E-state index contributed by atoms with van der Waals surface area (Å²) in [5, 5.41) is 3.33. The summed E-state index contributed by atoms with van der Waals surface area (Å²) in [6.07, 6.45) is 2.38. The van der Waals surface area contributed by atoms with Crippen LogP contribution in [0, 0.1) is 0 Å². The molecule has 0 aliphatic carbocycles. The van der Waals surface area contributed by atoms with Crippen molar-refractivity contribution in [1.29, 1.82) is 0 Å². The highest BCUT2D eigenvalue weighted by molar-refractivity contribution is 5.72. The molecule has 2 aromatic carbocycles. The minimum absolute atomic E-state index is 0.771. The van der Waals surface area contributed by atoms with Crippen molar-refractivity contribution >= 4 is 22.5 Å². The molecule has 0 aliphatic rings. The van der Waals surface area contributed by atoms with Gasteiger partial charge < -0.3 is 15.5 Å². The van der Waals surface area contributed by atoms with Gasteiger partial charge in [0.25, 0.3) is 0 Å². The molecule has 0 aliphatic heterocycles. The largest absolute Gasteiger partial charge is 0.443 e. The average molecular weight is 253 g/mol. The van der Waals surface area contributed by atoms with Crippen LogP contribution in [0.2, 0.25) is 0 Å². The number of para-hydroxylation sites is 2. The first kappa shape index (κ1) is 11.6. The zero-order chi connectivity index (χ0) is 13.1. The van der Waals surface area contributed by atoms with Crippen LogP contribution in [-0.2, 0) is 6.42 Å². The maximum absolute atomic E-state index is 5.87. The number of rotatable bonds is 4. The van der Waals surface area contributed by atoms with E-state index in [0.717, 1.165) is 35.4 Å². The number of aromatic nitrogens is 1. The Labute approximate surface area is 111 Å². The zero-order valence-corrected chi connectivity index (χ0v) is 10.5. The minimum Gasteiger partial charge on any atom is -0.443 e. The topological polar surface area (TPSA) is 64.1 Å². The first-order valence-corrected chi connectivity index (χ1v) is 6.23. The van der Waals surface area contributed by atoms with Crippen molar-refractivity contribution in [2.24, 2.45) is 0 Å². The molecular formula is C15H15N3O. The van der Waals surface area contributed by atoms with Gasteiger partial charge in [-0.2, -0.15) is 0 Å². The molecule has 0 unspecified atom stereocenters. The third kappa shape index (κ3) is 2.52. The van der Waals surface area contributed by atoms with Crippen molar-refractivity contribution in [2.75, 3.05) is 17.6 Å². The van der Waals surface area contributed by atoms with Crippen molar-refractivity contribution in [3.8, 4) is 0 Å². The SMILES string of the molecule is Nc1ccccc1NCCc1ccc2ncoc2c1. The zero-order valence-electron chi connectivity index (χ0n) is 10.5. The number of benzene rings is 2. The molecule has 0 saturated heterocycles. The van der Waals surface area contributed by atoms with Gasteiger partial charge in [-0.15, -0.1) is 0 Å². The molecule has 3 aromatic rings. The van der Waals surface area contributed by atoms with Crippen molar-refractivity contribution < 1.29 is 4.42 Å². The van der Waals surface area contributed by atoms with Gasteiger partial charge in [-0.05, 0) is 36.2 Å². The Morgan fingerprint density at radius 3 is 2.95 bits per heavy atom. The summed E-state index contributed by atoms with van der Waals surface area (Å²) in [6, 6.07) is 13.8. The fourth-order valence-corrected chi connectivity index (χ4v) is 2.05. The molecule has 0 radical (unpaired) electrons. The molecule has 0 saturated carbocycles. The van der Waals surface area contributed by atoms with E-state index in [2.05, 4.69) is 16.4 Å². The number of hydrogen-bond acceptors (Lipinski definition) is 4. The lowest BCUT2D eigenvalue weighted by Gasteiger charge is -2.08. The van der Waals surface area contributed by atoms with Gasteiger partial charge in [0, 0.05) is 6.54 Å². The lowest BCUT2D eigenvalue weighted by Crippen LogP contribution is -2.06. The highest BCUT2D eigenvalue weighted by atomic mass is 16.3. The third-order valence-corrected chi connectivity index (χ3v) is 3.09. The summed E-state index contributed by atoms with van der Waals surface area (Å²) < 4.78 is 5.29. The van der Waals surface area contributed by atoms with Crippen LogP contribution in [0.25, 0.3) is 11.1 Å². The number of oxazole rings is 1. The van der Waals surface area contributed by atoms with Crippen LogP contribution in [0.3, 0.4) is 0 Å². The van der Waals surface area contributed by atoms with E-state index in [1.54, 1.807) is 0 Å². The molecular weight excluding hydrogens is 238 g/mol. The van der Waals surface area contributed by atoms with Crippen LogP contribution in [0.15, 0.2) is 53.3 Å². The van der Waals surface area contributed by atoms with Gasteiger partial charge in [-0.25, -0.2) is 4.98 Å². The Hall–Kier alpha value is -2.49. The van der Waals surface area contributed by atoms with Gasteiger partial charge in [0.2, 0.25) is 0 Å². The molecule has 0 atom stereocenters. The van der Waals surface area contributed by atoms with E-state index in [-0.39, 0.29) is 0 Å². The quantitative estimate of drug-likeness (QED) is 0.701. The van der Waals surface area contributed by atoms with Gasteiger partial charge in [0.15, 0.2) is 12.0 Å². The monoisotopic (exact) mass is 253 g/mol. The first-order valence-electron chi connectivity index (χ1n) is 6.23. The molecule has 1 aromatic heterocycles. The number of nitrogen functional groups attached to an aromatic ring is 1. The number of nitrogens with two attached hydrogens (primary N) is 1. The summed E-state index contributed by atoms with van der Waals surface area (Å²) in [6.45, 7) is 0.827. The fourth-order valence-electron chi connectivity index (χ4n) is 2.05. The van der Waals surface area contributed by atoms with Gasteiger partial charge in [0.1, 0.15) is 5.52 Å². The van der Waals surface area contributed by atoms with E-state index >= 15 is 0 Å². The van der Waals surface area contributed by atoms with Crippen LogP contribution < -0.4 is 11.1 Å². The summed E-state index contributed by atoms with van der Waals surface area (Å²) in [5.41, 5.74) is 10.6. The number of hydrogen-bond donors (Lipinski definition) is 2. The predicted molar refractivity (Wildman–Crippen MR) is 77.1 cm³/mol. The highest BCUT2D eigenvalue weighted by Gasteiger charge is 2.01. The van der Waals surface area contributed by atoms with Crippen molar-refractivity contribution in [3.05, 3.63) is 54.4 Å². The van der Waals surface area contributed by atoms with E-state index < -0.39 is 0 Å². The number of anilines is 2. The number of nitrogens with zero attached hydrogens (tertiary/aromatic N) is 1. The summed E-state index contributed by atoms with van der Waals surface area (Å²) >= 11 is 0. The van der Waals surface area contributed by atoms with E-state index in [1.165, 1.54) is 12.0 Å². The Bertz CT molecular complexity index is 690. The molecule has 0 bridgehead atoms. The smallest absolute Gasteiger partial charge is 0.181 e. The maximum Gasteiger partial charge on any atom is 0.181 e. The van der Waals surface area contributed by atoms with Crippen LogP contribution >= 0.6 is 0 Å². The molecule has 0 spiro atoms. The predicted octanol–water partition coefficient (Wildman–Crippen LogP) is 3.06. The van der Waals surface area contributed by atoms with Crippen molar-refractivity contribution in [2.45, 2.75) is 6.42 Å². The van der Waals surface area contributed by atoms with Gasteiger partial charge in [0.05, 0.1) is 11.4 Å². The van der Waals surface area contributed by atoms with E-state index in [0.29, 0.717) is 0 Å². The molecule has 0 fully saturated rings. The molecule has 4 nitrogen and oxygen atoms in total. The molecule has 4 heteroatoms. The summed E-state index contributed by atoms with van der Waals surface area (Å²) in [4.78, 5) is 4.10. The molecule has 19 heavy (non-hydrogen) atoms. The Morgan fingerprint density at radius 1 is 1.16 bits per heavy atom. The van der Waals surface area contributed by atoms with E-state index in [1.807, 2.05) is 36.4 Å². The second-order valence-corrected chi connectivity index (χ2v) is 4.42. The summed E-state index contributed by atoms with van der Waals surface area (Å²) in [5.74, 6) is 0. The lowest BCUT2D eigenvalue weighted by atomic mass is 10.1. The molecule has 3 N–H and O–H groups in total. The lowest BCUT2D eigenvalue weighted by molar-refractivity contribution is 0.601. The van der Waals surface area contributed by atoms with Crippen LogP contribution in [0.1, 0.15) is 5.56 Å². The number of nitrogens with one attached hydrogen (secondary N) is 1. The van der Waals surface area contributed by atoms with Crippen molar-refractivity contribution in [3.63, 3.8) is 0 Å². The van der Waals surface area contributed by atoms with Crippen molar-refractivity contribution in [1.82, 2.24) is 4.98 Å². The normalized spacial score (nSPS) is 10.7. The van der Waals surface area contributed by atoms with Crippen LogP contribution in [-0.4, -0.2) is 11.5 Å². The Morgan fingerprint density at radius 2 is 2.05 bits per heavy atom. The third-order valence-electron chi connectivity index (χ3n) is 3.09. The van der Waals surface area contributed by atoms with Crippen LogP contribution in [0.5, 0.6) is 0 Å². The number of fused-ring (bicyclic) bond motifs is 1. The fraction of sp³-hybridized carbons (Fsp3) is 0.133. The van der Waals surface area contributed by atoms with Gasteiger partial charge >= 0.3 is 0 Å². The van der Waals surface area contributed by atoms with Crippen LogP contribution in [0.4, 0.5) is 11.4 Å². The standard InChI is InChI=1S/C15H15N3O/c16-12-3-1-2-4-13(12)17-8-7-11-5-6-14-15(9-11)19-10-18-14/h1-6,9-10,17H,7-8,16H2. The van der Waals surface area contributed by atoms with Gasteiger partial charge in [-0.3, -0.25) is 0 Å². The minimum atomic E-state index is 0.771. The Kier molecular flexibility index (Phi) is 3.06. The molecule has 96 valence electrons. The maximum atomic E-state index is 5.87. The molecule has 1 heterocycles. The molecule has 0 amide bonds. The Balaban J connectivity index is 1.64. The van der Waals surface area contributed by atoms with E-state index in [9.17, 15) is 0 Å². The van der Waals surface area contributed by atoms with E-state index in [4.69, 9.17) is 10.2 Å². The first-order chi connectivity index (χ1) is 9.33.